The largest absolute Gasteiger partial charge is 0.481 e. The summed E-state index contributed by atoms with van der Waals surface area (Å²) < 4.78 is 5.36. The van der Waals surface area contributed by atoms with Crippen LogP contribution in [0.2, 0.25) is 0 Å². The van der Waals surface area contributed by atoms with Crippen LogP contribution in [0.4, 0.5) is 0 Å². The van der Waals surface area contributed by atoms with Crippen LogP contribution in [-0.2, 0) is 14.3 Å². The van der Waals surface area contributed by atoms with Crippen molar-refractivity contribution < 1.29 is 19.4 Å². The van der Waals surface area contributed by atoms with Crippen LogP contribution in [0.25, 0.3) is 0 Å². The smallest absolute Gasteiger partial charge is 0.308 e. The molecule has 16 heavy (non-hydrogen) atoms. The maximum atomic E-state index is 11.4. The molecule has 1 aliphatic heterocycles. The molecule has 1 rings (SSSR count). The Balaban J connectivity index is 2.23. The highest BCUT2D eigenvalue weighted by molar-refractivity contribution is 5.86. The lowest BCUT2D eigenvalue weighted by molar-refractivity contribution is -0.141. The van der Waals surface area contributed by atoms with Gasteiger partial charge in [0, 0.05) is 26.1 Å². The van der Waals surface area contributed by atoms with Gasteiger partial charge in [0.1, 0.15) is 0 Å². The van der Waals surface area contributed by atoms with Gasteiger partial charge in [-0.05, 0) is 20.3 Å². The van der Waals surface area contributed by atoms with Crippen LogP contribution < -0.4 is 0 Å². The lowest BCUT2D eigenvalue weighted by Gasteiger charge is -2.16. The Morgan fingerprint density at radius 1 is 1.62 bits per heavy atom. The fourth-order valence-corrected chi connectivity index (χ4v) is 1.73. The van der Waals surface area contributed by atoms with E-state index in [1.165, 1.54) is 0 Å². The average molecular weight is 229 g/mol. The van der Waals surface area contributed by atoms with Gasteiger partial charge in [-0.1, -0.05) is 0 Å². The third-order valence-corrected chi connectivity index (χ3v) is 2.59. The van der Waals surface area contributed by atoms with Crippen molar-refractivity contribution in [2.75, 3.05) is 19.7 Å². The molecule has 0 aromatic rings. The molecule has 0 aliphatic carbocycles. The Morgan fingerprint density at radius 2 is 2.31 bits per heavy atom. The number of carbonyl (C=O) groups is 2. The zero-order chi connectivity index (χ0) is 12.1. The Hall–Kier alpha value is -1.10. The van der Waals surface area contributed by atoms with Crippen molar-refractivity contribution in [2.24, 2.45) is 5.92 Å². The molecule has 5 heteroatoms. The van der Waals surface area contributed by atoms with Gasteiger partial charge in [0.2, 0.25) is 5.91 Å². The first-order chi connectivity index (χ1) is 7.50. The number of nitrogens with zero attached hydrogens (tertiary/aromatic N) is 1. The molecule has 0 radical (unpaired) electrons. The molecule has 5 nitrogen and oxygen atoms in total. The van der Waals surface area contributed by atoms with E-state index in [1.54, 1.807) is 4.90 Å². The molecule has 0 aromatic heterocycles. The molecule has 1 N–H and O–H groups in total. The Labute approximate surface area is 95.4 Å². The molecule has 1 fully saturated rings. The van der Waals surface area contributed by atoms with Gasteiger partial charge in [0.15, 0.2) is 0 Å². The number of hydrogen-bond donors (Lipinski definition) is 1. The molecule has 0 spiro atoms. The van der Waals surface area contributed by atoms with E-state index in [0.717, 1.165) is 6.42 Å². The summed E-state index contributed by atoms with van der Waals surface area (Å²) in [6, 6.07) is 0. The summed E-state index contributed by atoms with van der Waals surface area (Å²) >= 11 is 0. The number of carboxylic acids is 1. The van der Waals surface area contributed by atoms with E-state index in [1.807, 2.05) is 13.8 Å². The molecule has 1 atom stereocenters. The van der Waals surface area contributed by atoms with Crippen molar-refractivity contribution in [2.45, 2.75) is 32.8 Å². The quantitative estimate of drug-likeness (QED) is 0.682. The lowest BCUT2D eigenvalue weighted by Crippen LogP contribution is -2.28. The third kappa shape index (κ3) is 3.81. The first kappa shape index (κ1) is 13.0. The SMILES string of the molecule is CC(C)OCCCN1CC(C(=O)O)CC1=O. The minimum absolute atomic E-state index is 0.0584. The average Bonchev–Trinajstić information content (AvgIpc) is 2.55. The highest BCUT2D eigenvalue weighted by Crippen LogP contribution is 2.17. The maximum Gasteiger partial charge on any atom is 0.308 e. The van der Waals surface area contributed by atoms with Gasteiger partial charge >= 0.3 is 5.97 Å². The molecule has 0 aromatic carbocycles. The molecule has 1 saturated heterocycles. The summed E-state index contributed by atoms with van der Waals surface area (Å²) in [5.41, 5.74) is 0. The van der Waals surface area contributed by atoms with Crippen LogP contribution in [0.5, 0.6) is 0 Å². The summed E-state index contributed by atoms with van der Waals surface area (Å²) in [4.78, 5) is 23.8. The van der Waals surface area contributed by atoms with E-state index in [0.29, 0.717) is 19.7 Å². The fourth-order valence-electron chi connectivity index (χ4n) is 1.73. The number of rotatable bonds is 6. The number of carbonyl (C=O) groups excluding carboxylic acids is 1. The number of carboxylic acid groups (broad SMARTS) is 1. The minimum Gasteiger partial charge on any atom is -0.481 e. The Bertz CT molecular complexity index is 265. The van der Waals surface area contributed by atoms with Gasteiger partial charge in [-0.2, -0.15) is 0 Å². The van der Waals surface area contributed by atoms with E-state index in [9.17, 15) is 9.59 Å². The summed E-state index contributed by atoms with van der Waals surface area (Å²) in [7, 11) is 0. The second kappa shape index (κ2) is 5.84. The highest BCUT2D eigenvalue weighted by atomic mass is 16.5. The van der Waals surface area contributed by atoms with Gasteiger partial charge in [0.05, 0.1) is 12.0 Å². The summed E-state index contributed by atoms with van der Waals surface area (Å²) in [6.45, 7) is 5.47. The molecule has 1 heterocycles. The van der Waals surface area contributed by atoms with Crippen molar-refractivity contribution in [3.63, 3.8) is 0 Å². The number of aliphatic carboxylic acids is 1. The van der Waals surface area contributed by atoms with Gasteiger partial charge in [-0.3, -0.25) is 9.59 Å². The zero-order valence-corrected chi connectivity index (χ0v) is 9.81. The molecule has 0 saturated carbocycles. The van der Waals surface area contributed by atoms with E-state index in [2.05, 4.69) is 0 Å². The van der Waals surface area contributed by atoms with E-state index < -0.39 is 11.9 Å². The van der Waals surface area contributed by atoms with E-state index in [4.69, 9.17) is 9.84 Å². The number of hydrogen-bond acceptors (Lipinski definition) is 3. The van der Waals surface area contributed by atoms with Crippen LogP contribution >= 0.6 is 0 Å². The normalized spacial score (nSPS) is 20.8. The maximum absolute atomic E-state index is 11.4. The minimum atomic E-state index is -0.880. The molecule has 1 amide bonds. The van der Waals surface area contributed by atoms with Crippen LogP contribution in [0.1, 0.15) is 26.7 Å². The second-order valence-corrected chi connectivity index (χ2v) is 4.35. The molecule has 0 bridgehead atoms. The van der Waals surface area contributed by atoms with Crippen molar-refractivity contribution in [1.82, 2.24) is 4.90 Å². The Morgan fingerprint density at radius 3 is 2.81 bits per heavy atom. The second-order valence-electron chi connectivity index (χ2n) is 4.35. The molecule has 92 valence electrons. The standard InChI is InChI=1S/C11H19NO4/c1-8(2)16-5-3-4-12-7-9(11(14)15)6-10(12)13/h8-9H,3-7H2,1-2H3,(H,14,15). The molecular formula is C11H19NO4. The zero-order valence-electron chi connectivity index (χ0n) is 9.81. The lowest BCUT2D eigenvalue weighted by atomic mass is 10.1. The summed E-state index contributed by atoms with van der Waals surface area (Å²) in [5.74, 6) is -1.47. The van der Waals surface area contributed by atoms with Crippen molar-refractivity contribution in [1.29, 1.82) is 0 Å². The fraction of sp³-hybridized carbons (Fsp3) is 0.818. The topological polar surface area (TPSA) is 66.8 Å². The van der Waals surface area contributed by atoms with Crippen LogP contribution in [0, 0.1) is 5.92 Å². The van der Waals surface area contributed by atoms with Crippen LogP contribution in [0.3, 0.4) is 0 Å². The van der Waals surface area contributed by atoms with Crippen LogP contribution in [-0.4, -0.2) is 47.7 Å². The summed E-state index contributed by atoms with van der Waals surface area (Å²) in [6.07, 6.45) is 1.09. The first-order valence-corrected chi connectivity index (χ1v) is 5.63. The summed E-state index contributed by atoms with van der Waals surface area (Å²) in [5, 5.41) is 8.79. The Kier molecular flexibility index (Phi) is 4.73. The van der Waals surface area contributed by atoms with Crippen LogP contribution in [0.15, 0.2) is 0 Å². The number of amides is 1. The highest BCUT2D eigenvalue weighted by Gasteiger charge is 2.33. The predicted octanol–water partition coefficient (Wildman–Crippen LogP) is 0.735. The number of likely N-dealkylation sites (tertiary alicyclic amines) is 1. The molecular weight excluding hydrogens is 210 g/mol. The predicted molar refractivity (Wildman–Crippen MR) is 58.0 cm³/mol. The number of ether oxygens (including phenoxy) is 1. The van der Waals surface area contributed by atoms with E-state index in [-0.39, 0.29) is 18.4 Å². The molecule has 1 aliphatic rings. The van der Waals surface area contributed by atoms with Crippen molar-refractivity contribution >= 4 is 11.9 Å². The monoisotopic (exact) mass is 229 g/mol. The first-order valence-electron chi connectivity index (χ1n) is 5.63. The van der Waals surface area contributed by atoms with Gasteiger partial charge < -0.3 is 14.7 Å². The van der Waals surface area contributed by atoms with Crippen molar-refractivity contribution in [3.05, 3.63) is 0 Å². The van der Waals surface area contributed by atoms with Gasteiger partial charge in [-0.25, -0.2) is 0 Å². The van der Waals surface area contributed by atoms with E-state index >= 15 is 0 Å². The van der Waals surface area contributed by atoms with Crippen molar-refractivity contribution in [3.8, 4) is 0 Å². The molecule has 1 unspecified atom stereocenters. The van der Waals surface area contributed by atoms with Gasteiger partial charge in [0.25, 0.3) is 0 Å². The van der Waals surface area contributed by atoms with Gasteiger partial charge in [-0.15, -0.1) is 0 Å². The third-order valence-electron chi connectivity index (χ3n) is 2.59.